The van der Waals surface area contributed by atoms with Gasteiger partial charge in [-0.25, -0.2) is 0 Å². The fourth-order valence-electron chi connectivity index (χ4n) is 3.10. The van der Waals surface area contributed by atoms with Gasteiger partial charge in [-0.1, -0.05) is 36.4 Å². The molecule has 7 heteroatoms. The van der Waals surface area contributed by atoms with Gasteiger partial charge in [0.15, 0.2) is 5.71 Å². The number of rotatable bonds is 2. The minimum absolute atomic E-state index is 0.0355. The minimum Gasteiger partial charge on any atom is -0.507 e. The number of phenolic OH excluding ortho intramolecular Hbond substituents is 1. The lowest BCUT2D eigenvalue weighted by molar-refractivity contribution is -0.401. The van der Waals surface area contributed by atoms with Crippen molar-refractivity contribution >= 4 is 24.7 Å². The molecule has 3 rings (SSSR count). The maximum absolute atomic E-state index is 9.88. The molecule has 0 bridgehead atoms. The zero-order chi connectivity index (χ0) is 19.5. The van der Waals surface area contributed by atoms with Crippen LogP contribution in [0.2, 0.25) is 0 Å². The number of hydrogen-bond acceptors (Lipinski definition) is 1. The Balaban J connectivity index is 0.000000431. The number of allylic oxidation sites excluding steroid dienone is 1. The number of halogens is 4. The molecule has 1 N–H and O–H groups in total. The lowest BCUT2D eigenvalue weighted by Crippen LogP contribution is -2.26. The molecule has 26 heavy (non-hydrogen) atoms. The van der Waals surface area contributed by atoms with Crippen LogP contribution in [-0.2, 0) is 5.41 Å². The van der Waals surface area contributed by atoms with Crippen LogP contribution in [0.4, 0.5) is 23.0 Å². The summed E-state index contributed by atoms with van der Waals surface area (Å²) in [6.07, 6.45) is 4.09. The van der Waals surface area contributed by atoms with Crippen molar-refractivity contribution in [2.75, 3.05) is 7.05 Å². The molecule has 0 saturated carbocycles. The molecule has 2 nitrogen and oxygen atoms in total. The van der Waals surface area contributed by atoms with Gasteiger partial charge >= 0.3 is 7.25 Å². The average Bonchev–Trinajstić information content (AvgIpc) is 2.73. The third-order valence-electron chi connectivity index (χ3n) is 4.30. The molecule has 1 heterocycles. The van der Waals surface area contributed by atoms with Gasteiger partial charge in [-0.05, 0) is 26.0 Å². The van der Waals surface area contributed by atoms with Crippen LogP contribution in [-0.4, -0.2) is 29.7 Å². The number of benzene rings is 2. The highest BCUT2D eigenvalue weighted by Crippen LogP contribution is 2.39. The molecule has 2 aromatic rings. The van der Waals surface area contributed by atoms with Crippen molar-refractivity contribution < 1.29 is 26.9 Å². The Bertz CT molecular complexity index is 851. The fraction of sp³-hybridized carbons (Fsp3) is 0.211. The molecular formula is C19H20BF4NO. The summed E-state index contributed by atoms with van der Waals surface area (Å²) in [5.74, 6) is 0.310. The first-order chi connectivity index (χ1) is 12.0. The SMILES string of the molecule is C[N+]1=C(/C=C/c2ccccc2O)C(C)(C)c2ccccc21.F[B-](F)(F)F. The molecule has 1 aliphatic rings. The Labute approximate surface area is 150 Å². The van der Waals surface area contributed by atoms with Crippen LogP contribution >= 0.6 is 0 Å². The van der Waals surface area contributed by atoms with E-state index in [1.54, 1.807) is 6.07 Å². The lowest BCUT2D eigenvalue weighted by atomic mass is 9.81. The van der Waals surface area contributed by atoms with Gasteiger partial charge in [0, 0.05) is 23.3 Å². The number of phenols is 1. The van der Waals surface area contributed by atoms with E-state index in [4.69, 9.17) is 0 Å². The van der Waals surface area contributed by atoms with Crippen molar-refractivity contribution in [3.05, 3.63) is 65.7 Å². The number of para-hydroxylation sites is 2. The predicted octanol–water partition coefficient (Wildman–Crippen LogP) is 5.41. The fourth-order valence-corrected chi connectivity index (χ4v) is 3.10. The van der Waals surface area contributed by atoms with E-state index in [9.17, 15) is 22.4 Å². The molecule has 0 aliphatic carbocycles. The predicted molar refractivity (Wildman–Crippen MR) is 97.6 cm³/mol. The summed E-state index contributed by atoms with van der Waals surface area (Å²) in [5.41, 5.74) is 4.62. The Morgan fingerprint density at radius 3 is 2.04 bits per heavy atom. The van der Waals surface area contributed by atoms with Crippen LogP contribution in [0.1, 0.15) is 25.0 Å². The molecule has 1 aliphatic heterocycles. The molecule has 0 aromatic heterocycles. The molecule has 0 spiro atoms. The highest BCUT2D eigenvalue weighted by atomic mass is 19.5. The monoisotopic (exact) mass is 365 g/mol. The third-order valence-corrected chi connectivity index (χ3v) is 4.30. The number of hydrogen-bond donors (Lipinski definition) is 1. The van der Waals surface area contributed by atoms with Crippen LogP contribution in [0, 0.1) is 0 Å². The van der Waals surface area contributed by atoms with Crippen LogP contribution in [0.15, 0.2) is 54.6 Å². The highest BCUT2D eigenvalue weighted by Gasteiger charge is 2.42. The van der Waals surface area contributed by atoms with E-state index >= 15 is 0 Å². The average molecular weight is 365 g/mol. The van der Waals surface area contributed by atoms with Gasteiger partial charge in [-0.15, -0.1) is 0 Å². The zero-order valence-corrected chi connectivity index (χ0v) is 14.8. The van der Waals surface area contributed by atoms with Crippen LogP contribution in [0.5, 0.6) is 5.75 Å². The Morgan fingerprint density at radius 2 is 1.46 bits per heavy atom. The van der Waals surface area contributed by atoms with E-state index in [0.29, 0.717) is 5.75 Å². The van der Waals surface area contributed by atoms with Crippen molar-refractivity contribution in [1.29, 1.82) is 0 Å². The van der Waals surface area contributed by atoms with E-state index < -0.39 is 7.25 Å². The molecule has 0 saturated heterocycles. The summed E-state index contributed by atoms with van der Waals surface area (Å²) in [6, 6.07) is 15.9. The van der Waals surface area contributed by atoms with Gasteiger partial charge < -0.3 is 22.4 Å². The summed E-state index contributed by atoms with van der Waals surface area (Å²) in [7, 11) is -3.90. The maximum atomic E-state index is 9.88. The number of aromatic hydroxyl groups is 1. The molecule has 0 atom stereocenters. The van der Waals surface area contributed by atoms with E-state index in [1.165, 1.54) is 17.0 Å². The van der Waals surface area contributed by atoms with E-state index in [2.05, 4.69) is 55.8 Å². The lowest BCUT2D eigenvalue weighted by Gasteiger charge is -2.15. The second-order valence-corrected chi connectivity index (χ2v) is 6.47. The maximum Gasteiger partial charge on any atom is 0.673 e. The molecule has 2 aromatic carbocycles. The number of fused-ring (bicyclic) bond motifs is 1. The first-order valence-electron chi connectivity index (χ1n) is 8.06. The van der Waals surface area contributed by atoms with Gasteiger partial charge in [0.1, 0.15) is 12.8 Å². The second kappa shape index (κ2) is 7.36. The first-order valence-corrected chi connectivity index (χ1v) is 8.06. The third kappa shape index (κ3) is 4.53. The van der Waals surface area contributed by atoms with Gasteiger partial charge in [-0.2, -0.15) is 4.58 Å². The largest absolute Gasteiger partial charge is 0.673 e. The quantitative estimate of drug-likeness (QED) is 0.429. The van der Waals surface area contributed by atoms with Crippen molar-refractivity contribution in [3.63, 3.8) is 0 Å². The standard InChI is InChI=1S/C19H19NO.BF4/c1-19(2)15-9-5-6-10-16(15)20(3)18(19)13-12-14-8-4-7-11-17(14)21;2-1(3,4)5/h4-13H,1-3H3;/q;-1/p+1. The molecule has 0 amide bonds. The van der Waals surface area contributed by atoms with Crippen molar-refractivity contribution in [1.82, 2.24) is 0 Å². The zero-order valence-electron chi connectivity index (χ0n) is 14.8. The van der Waals surface area contributed by atoms with Crippen LogP contribution in [0.3, 0.4) is 0 Å². The highest BCUT2D eigenvalue weighted by molar-refractivity contribution is 6.50. The van der Waals surface area contributed by atoms with Gasteiger partial charge in [0.2, 0.25) is 5.69 Å². The summed E-state index contributed by atoms with van der Waals surface area (Å²) in [6.45, 7) is 4.47. The summed E-state index contributed by atoms with van der Waals surface area (Å²) < 4.78 is 41.2. The molecule has 138 valence electrons. The minimum atomic E-state index is -6.00. The van der Waals surface area contributed by atoms with E-state index in [0.717, 1.165) is 5.56 Å². The normalized spacial score (nSPS) is 15.7. The topological polar surface area (TPSA) is 23.2 Å². The molecule has 0 fully saturated rings. The molecule has 0 unspecified atom stereocenters. The van der Waals surface area contributed by atoms with Crippen molar-refractivity contribution in [2.24, 2.45) is 0 Å². The molecule has 0 radical (unpaired) electrons. The van der Waals surface area contributed by atoms with Gasteiger partial charge in [0.05, 0.1) is 5.41 Å². The van der Waals surface area contributed by atoms with Crippen molar-refractivity contribution in [2.45, 2.75) is 19.3 Å². The van der Waals surface area contributed by atoms with Crippen LogP contribution in [0.25, 0.3) is 6.08 Å². The summed E-state index contributed by atoms with van der Waals surface area (Å²) in [5, 5.41) is 9.88. The second-order valence-electron chi connectivity index (χ2n) is 6.47. The Hall–Kier alpha value is -2.57. The summed E-state index contributed by atoms with van der Waals surface area (Å²) >= 11 is 0. The van der Waals surface area contributed by atoms with E-state index in [1.807, 2.05) is 24.3 Å². The smallest absolute Gasteiger partial charge is 0.507 e. The van der Waals surface area contributed by atoms with E-state index in [-0.39, 0.29) is 5.41 Å². The Morgan fingerprint density at radius 1 is 0.923 bits per heavy atom. The van der Waals surface area contributed by atoms with Crippen LogP contribution < -0.4 is 0 Å². The van der Waals surface area contributed by atoms with Gasteiger partial charge in [-0.3, -0.25) is 0 Å². The first kappa shape index (κ1) is 19.8. The Kier molecular flexibility index (Phi) is 5.59. The van der Waals surface area contributed by atoms with Gasteiger partial charge in [0.25, 0.3) is 0 Å². The molecular weight excluding hydrogens is 345 g/mol. The summed E-state index contributed by atoms with van der Waals surface area (Å²) in [4.78, 5) is 0. The van der Waals surface area contributed by atoms with Crippen molar-refractivity contribution in [3.8, 4) is 5.75 Å². The number of nitrogens with zero attached hydrogens (tertiary/aromatic N) is 1.